The smallest absolute Gasteiger partial charge is 0.416 e. The monoisotopic (exact) mass is 385 g/mol. The lowest BCUT2D eigenvalue weighted by Gasteiger charge is -2.20. The first kappa shape index (κ1) is 19.5. The van der Waals surface area contributed by atoms with E-state index in [2.05, 4.69) is 0 Å². The van der Waals surface area contributed by atoms with E-state index < -0.39 is 32.6 Å². The number of nitrogens with zero attached hydrogens (tertiary/aromatic N) is 1. The van der Waals surface area contributed by atoms with Gasteiger partial charge in [0.25, 0.3) is 10.0 Å². The molecule has 2 rings (SSSR count). The number of benzene rings is 2. The van der Waals surface area contributed by atoms with Crippen molar-refractivity contribution in [3.8, 4) is 0 Å². The van der Waals surface area contributed by atoms with Crippen LogP contribution in [0.2, 0.25) is 0 Å². The number of sulfonamides is 1. The van der Waals surface area contributed by atoms with E-state index in [9.17, 15) is 26.4 Å². The van der Waals surface area contributed by atoms with Crippen LogP contribution in [0.5, 0.6) is 0 Å². The third-order valence-electron chi connectivity index (χ3n) is 3.47. The molecule has 0 aliphatic carbocycles. The van der Waals surface area contributed by atoms with E-state index in [1.807, 2.05) is 0 Å². The van der Waals surface area contributed by atoms with Crippen LogP contribution in [0.15, 0.2) is 59.5 Å². The summed E-state index contributed by atoms with van der Waals surface area (Å²) in [4.78, 5) is 10.1. The lowest BCUT2D eigenvalue weighted by Crippen LogP contribution is -2.26. The lowest BCUT2D eigenvalue weighted by molar-refractivity contribution is -0.137. The molecule has 0 spiro atoms. The topological polar surface area (TPSA) is 74.7 Å². The largest absolute Gasteiger partial charge is 0.478 e. The number of halogens is 3. The molecule has 26 heavy (non-hydrogen) atoms. The number of anilines is 1. The zero-order valence-corrected chi connectivity index (χ0v) is 14.3. The number of hydrogen-bond donors (Lipinski definition) is 1. The summed E-state index contributed by atoms with van der Waals surface area (Å²) in [6, 6.07) is 9.39. The second-order valence-corrected chi connectivity index (χ2v) is 7.23. The number of aliphatic carboxylic acids is 1. The van der Waals surface area contributed by atoms with Crippen molar-refractivity contribution in [2.75, 3.05) is 11.4 Å². The summed E-state index contributed by atoms with van der Waals surface area (Å²) < 4.78 is 64.6. The van der Waals surface area contributed by atoms with Crippen molar-refractivity contribution in [2.45, 2.75) is 11.1 Å². The molecule has 5 nitrogen and oxygen atoms in total. The van der Waals surface area contributed by atoms with Crippen LogP contribution in [0.1, 0.15) is 11.1 Å². The standard InChI is InChI=1S/C17H14F3NO4S/c1-21(14-6-2-4-12(10-14)8-9-16(22)23)26(24,25)15-7-3-5-13(11-15)17(18,19)20/h2-11H,1H3,(H,22,23)/b9-8+. The molecule has 9 heteroatoms. The van der Waals surface area contributed by atoms with Crippen LogP contribution in [0.3, 0.4) is 0 Å². The van der Waals surface area contributed by atoms with Gasteiger partial charge in [0.05, 0.1) is 16.1 Å². The second-order valence-electron chi connectivity index (χ2n) is 5.26. The highest BCUT2D eigenvalue weighted by atomic mass is 32.2. The molecule has 0 radical (unpaired) electrons. The fraction of sp³-hybridized carbons (Fsp3) is 0.118. The van der Waals surface area contributed by atoms with Gasteiger partial charge in [-0.2, -0.15) is 13.2 Å². The summed E-state index contributed by atoms with van der Waals surface area (Å²) in [5.74, 6) is -1.17. The normalized spacial score (nSPS) is 12.3. The van der Waals surface area contributed by atoms with Crippen LogP contribution in [0.25, 0.3) is 6.08 Å². The first-order chi connectivity index (χ1) is 12.0. The van der Waals surface area contributed by atoms with Crippen LogP contribution in [0.4, 0.5) is 18.9 Å². The number of carbonyl (C=O) groups is 1. The van der Waals surface area contributed by atoms with Gasteiger partial charge in [0, 0.05) is 13.1 Å². The van der Waals surface area contributed by atoms with E-state index in [4.69, 9.17) is 5.11 Å². The minimum Gasteiger partial charge on any atom is -0.478 e. The Hall–Kier alpha value is -2.81. The molecular weight excluding hydrogens is 371 g/mol. The molecule has 0 fully saturated rings. The van der Waals surface area contributed by atoms with Crippen molar-refractivity contribution < 1.29 is 31.5 Å². The zero-order valence-electron chi connectivity index (χ0n) is 13.4. The Labute approximate surface area is 148 Å². The van der Waals surface area contributed by atoms with Crippen molar-refractivity contribution in [3.05, 3.63) is 65.7 Å². The third-order valence-corrected chi connectivity index (χ3v) is 5.25. The van der Waals surface area contributed by atoms with Gasteiger partial charge in [0.15, 0.2) is 0 Å². The van der Waals surface area contributed by atoms with Gasteiger partial charge in [-0.25, -0.2) is 13.2 Å². The van der Waals surface area contributed by atoms with Crippen LogP contribution >= 0.6 is 0 Å². The molecule has 0 saturated heterocycles. The van der Waals surface area contributed by atoms with Crippen LogP contribution in [0, 0.1) is 0 Å². The number of carboxylic acid groups (broad SMARTS) is 1. The Morgan fingerprint density at radius 2 is 1.77 bits per heavy atom. The van der Waals surface area contributed by atoms with Gasteiger partial charge >= 0.3 is 12.1 Å². The van der Waals surface area contributed by atoms with Crippen molar-refractivity contribution in [1.29, 1.82) is 0 Å². The average molecular weight is 385 g/mol. The number of rotatable bonds is 5. The van der Waals surface area contributed by atoms with E-state index in [1.165, 1.54) is 31.3 Å². The van der Waals surface area contributed by atoms with E-state index in [0.29, 0.717) is 11.6 Å². The van der Waals surface area contributed by atoms with E-state index in [-0.39, 0.29) is 5.69 Å². The Morgan fingerprint density at radius 3 is 2.38 bits per heavy atom. The first-order valence-corrected chi connectivity index (χ1v) is 8.63. The molecule has 0 bridgehead atoms. The fourth-order valence-corrected chi connectivity index (χ4v) is 3.36. The fourth-order valence-electron chi connectivity index (χ4n) is 2.12. The van der Waals surface area contributed by atoms with Crippen LogP contribution in [-0.4, -0.2) is 26.5 Å². The Morgan fingerprint density at radius 1 is 1.12 bits per heavy atom. The number of hydrogen-bond acceptors (Lipinski definition) is 3. The highest BCUT2D eigenvalue weighted by Gasteiger charge is 2.32. The Kier molecular flexibility index (Phi) is 5.41. The molecule has 0 aliphatic rings. The molecule has 0 aliphatic heterocycles. The SMILES string of the molecule is CN(c1cccc(/C=C/C(=O)O)c1)S(=O)(=O)c1cccc(C(F)(F)F)c1. The van der Waals surface area contributed by atoms with Gasteiger partial charge in [-0.05, 0) is 42.0 Å². The predicted molar refractivity (Wildman–Crippen MR) is 90.1 cm³/mol. The van der Waals surface area contributed by atoms with Crippen molar-refractivity contribution in [2.24, 2.45) is 0 Å². The van der Waals surface area contributed by atoms with Gasteiger partial charge in [0.1, 0.15) is 0 Å². The molecule has 1 N–H and O–H groups in total. The highest BCUT2D eigenvalue weighted by molar-refractivity contribution is 7.92. The maximum Gasteiger partial charge on any atom is 0.416 e. The lowest BCUT2D eigenvalue weighted by atomic mass is 10.2. The van der Waals surface area contributed by atoms with Crippen molar-refractivity contribution >= 4 is 27.8 Å². The molecular formula is C17H14F3NO4S. The molecule has 2 aromatic carbocycles. The zero-order chi connectivity index (χ0) is 19.5. The molecule has 0 aromatic heterocycles. The minimum absolute atomic E-state index is 0.176. The molecule has 0 amide bonds. The summed E-state index contributed by atoms with van der Waals surface area (Å²) in [7, 11) is -3.03. The molecule has 138 valence electrons. The summed E-state index contributed by atoms with van der Waals surface area (Å²) >= 11 is 0. The Balaban J connectivity index is 2.41. The van der Waals surface area contributed by atoms with Crippen LogP contribution in [-0.2, 0) is 21.0 Å². The van der Waals surface area contributed by atoms with Gasteiger partial charge in [0.2, 0.25) is 0 Å². The maximum absolute atomic E-state index is 12.8. The van der Waals surface area contributed by atoms with E-state index in [0.717, 1.165) is 28.6 Å². The average Bonchev–Trinajstić information content (AvgIpc) is 2.59. The molecule has 0 atom stereocenters. The summed E-state index contributed by atoms with van der Waals surface area (Å²) in [5, 5.41) is 8.64. The molecule has 2 aromatic rings. The van der Waals surface area contributed by atoms with E-state index in [1.54, 1.807) is 6.07 Å². The maximum atomic E-state index is 12.8. The van der Waals surface area contributed by atoms with E-state index >= 15 is 0 Å². The Bertz CT molecular complexity index is 952. The molecule has 0 heterocycles. The third kappa shape index (κ3) is 4.42. The summed E-state index contributed by atoms with van der Waals surface area (Å²) in [6.07, 6.45) is -2.50. The summed E-state index contributed by atoms with van der Waals surface area (Å²) in [6.45, 7) is 0. The number of carboxylic acids is 1. The number of alkyl halides is 3. The molecule has 0 unspecified atom stereocenters. The predicted octanol–water partition coefficient (Wildman–Crippen LogP) is 3.63. The first-order valence-electron chi connectivity index (χ1n) is 7.19. The van der Waals surface area contributed by atoms with Gasteiger partial charge in [-0.1, -0.05) is 18.2 Å². The van der Waals surface area contributed by atoms with Crippen molar-refractivity contribution in [1.82, 2.24) is 0 Å². The second kappa shape index (κ2) is 7.20. The van der Waals surface area contributed by atoms with Gasteiger partial charge < -0.3 is 5.11 Å². The highest BCUT2D eigenvalue weighted by Crippen LogP contribution is 2.31. The van der Waals surface area contributed by atoms with Gasteiger partial charge in [-0.15, -0.1) is 0 Å². The quantitative estimate of drug-likeness (QED) is 0.798. The summed E-state index contributed by atoms with van der Waals surface area (Å²) in [5.41, 5.74) is -0.462. The van der Waals surface area contributed by atoms with Crippen molar-refractivity contribution in [3.63, 3.8) is 0 Å². The van der Waals surface area contributed by atoms with Gasteiger partial charge in [-0.3, -0.25) is 4.31 Å². The van der Waals surface area contributed by atoms with Crippen LogP contribution < -0.4 is 4.31 Å². The minimum atomic E-state index is -4.66. The molecule has 0 saturated carbocycles.